The molecule has 3 unspecified atom stereocenters. The number of amides is 1. The lowest BCUT2D eigenvalue weighted by molar-refractivity contribution is -0.870. The number of likely N-dealkylation sites (N-methyl/N-ethyl adjacent to an activating group) is 1. The molecule has 0 bridgehead atoms. The summed E-state index contributed by atoms with van der Waals surface area (Å²) >= 11 is 0. The highest BCUT2D eigenvalue weighted by Gasteiger charge is 2.30. The number of quaternary nitrogens is 1. The topological polar surface area (TPSA) is 111 Å². The molecule has 444 valence electrons. The lowest BCUT2D eigenvalue weighted by Gasteiger charge is -2.27. The van der Waals surface area contributed by atoms with Gasteiger partial charge in [0.2, 0.25) is 5.91 Å². The first kappa shape index (κ1) is 73.9. The quantitative estimate of drug-likeness (QED) is 0.0205. The summed E-state index contributed by atoms with van der Waals surface area (Å²) in [5, 5.41) is 3.04. The summed E-state index contributed by atoms with van der Waals surface area (Å²) in [7, 11) is 1.46. The third-order valence-electron chi connectivity index (χ3n) is 13.5. The van der Waals surface area contributed by atoms with E-state index in [-0.39, 0.29) is 25.5 Å². The lowest BCUT2D eigenvalue weighted by atomic mass is 10.0. The second-order valence-corrected chi connectivity index (χ2v) is 23.6. The fourth-order valence-electron chi connectivity index (χ4n) is 8.67. The molecule has 1 amide bonds. The van der Waals surface area contributed by atoms with E-state index in [1.54, 1.807) is 0 Å². The molecule has 0 radical (unpaired) electrons. The van der Waals surface area contributed by atoms with Crippen molar-refractivity contribution in [2.75, 3.05) is 40.9 Å². The third kappa shape index (κ3) is 57.4. The number of allylic oxidation sites excluding steroid dienone is 15. The van der Waals surface area contributed by atoms with Crippen LogP contribution in [0.1, 0.15) is 265 Å². The number of hydrogen-bond donors (Lipinski definition) is 2. The van der Waals surface area contributed by atoms with Crippen LogP contribution < -0.4 is 5.32 Å². The number of esters is 1. The molecule has 2 N–H and O–H groups in total. The van der Waals surface area contributed by atoms with Crippen molar-refractivity contribution < 1.29 is 37.3 Å². The number of nitrogens with zero attached hydrogens (tertiary/aromatic N) is 1. The minimum absolute atomic E-state index is 0.0276. The molecule has 77 heavy (non-hydrogen) atoms. The van der Waals surface area contributed by atoms with E-state index in [0.29, 0.717) is 23.9 Å². The van der Waals surface area contributed by atoms with E-state index in [4.69, 9.17) is 13.8 Å². The van der Waals surface area contributed by atoms with Crippen molar-refractivity contribution in [2.45, 2.75) is 277 Å². The van der Waals surface area contributed by atoms with Crippen molar-refractivity contribution in [2.24, 2.45) is 0 Å². The van der Waals surface area contributed by atoms with Gasteiger partial charge in [-0.15, -0.1) is 0 Å². The van der Waals surface area contributed by atoms with Crippen LogP contribution in [-0.2, 0) is 27.9 Å². The van der Waals surface area contributed by atoms with Crippen molar-refractivity contribution in [3.05, 3.63) is 97.2 Å². The lowest BCUT2D eigenvalue weighted by Crippen LogP contribution is -2.47. The van der Waals surface area contributed by atoms with Crippen LogP contribution in [0.2, 0.25) is 0 Å². The molecule has 9 nitrogen and oxygen atoms in total. The van der Waals surface area contributed by atoms with Gasteiger partial charge < -0.3 is 19.4 Å². The highest BCUT2D eigenvalue weighted by Crippen LogP contribution is 2.43. The van der Waals surface area contributed by atoms with Gasteiger partial charge in [0.25, 0.3) is 0 Å². The molecule has 0 aliphatic carbocycles. The van der Waals surface area contributed by atoms with Crippen molar-refractivity contribution in [3.8, 4) is 0 Å². The third-order valence-corrected chi connectivity index (χ3v) is 14.5. The number of ether oxygens (including phenoxy) is 1. The Bertz CT molecular complexity index is 1640. The maximum Gasteiger partial charge on any atom is 0.472 e. The van der Waals surface area contributed by atoms with Gasteiger partial charge >= 0.3 is 13.8 Å². The van der Waals surface area contributed by atoms with E-state index in [0.717, 1.165) is 96.3 Å². The molecule has 3 atom stereocenters. The van der Waals surface area contributed by atoms with Gasteiger partial charge in [0.1, 0.15) is 19.3 Å². The molecule has 0 aromatic heterocycles. The number of phosphoric ester groups is 1. The van der Waals surface area contributed by atoms with E-state index in [1.165, 1.54) is 128 Å². The second-order valence-electron chi connectivity index (χ2n) is 22.2. The van der Waals surface area contributed by atoms with E-state index < -0.39 is 25.9 Å². The molecule has 0 fully saturated rings. The first-order valence-electron chi connectivity index (χ1n) is 31.6. The maximum atomic E-state index is 13.6. The number of phosphoric acid groups is 1. The average molecular weight is 1100 g/mol. The Morgan fingerprint density at radius 2 is 0.844 bits per heavy atom. The average Bonchev–Trinajstić information content (AvgIpc) is 3.39. The fourth-order valence-corrected chi connectivity index (χ4v) is 9.40. The highest BCUT2D eigenvalue weighted by molar-refractivity contribution is 7.47. The summed E-state index contributed by atoms with van der Waals surface area (Å²) in [6.07, 6.45) is 75.6. The van der Waals surface area contributed by atoms with Crippen LogP contribution in [0.3, 0.4) is 0 Å². The van der Waals surface area contributed by atoms with E-state index in [2.05, 4.69) is 105 Å². The molecule has 0 saturated heterocycles. The zero-order valence-corrected chi connectivity index (χ0v) is 51.6. The smallest absolute Gasteiger partial charge is 0.456 e. The first-order valence-corrected chi connectivity index (χ1v) is 33.1. The Hall–Kier alpha value is -3.07. The summed E-state index contributed by atoms with van der Waals surface area (Å²) < 4.78 is 30.6. The van der Waals surface area contributed by atoms with Gasteiger partial charge in [0.15, 0.2) is 0 Å². The normalized spacial score (nSPS) is 14.3. The van der Waals surface area contributed by atoms with Crippen LogP contribution in [0.4, 0.5) is 0 Å². The van der Waals surface area contributed by atoms with Crippen molar-refractivity contribution >= 4 is 19.7 Å². The largest absolute Gasteiger partial charge is 0.472 e. The summed E-state index contributed by atoms with van der Waals surface area (Å²) in [6, 6.07) is -0.879. The Morgan fingerprint density at radius 1 is 0.468 bits per heavy atom. The number of carbonyl (C=O) groups excluding carboxylic acids is 2. The molecule has 0 aromatic rings. The number of hydrogen-bond acceptors (Lipinski definition) is 6. The van der Waals surface area contributed by atoms with Gasteiger partial charge in [0, 0.05) is 12.8 Å². The molecule has 0 spiro atoms. The summed E-state index contributed by atoms with van der Waals surface area (Å²) in [5.74, 6) is -0.592. The molecule has 0 rings (SSSR count). The maximum absolute atomic E-state index is 13.6. The van der Waals surface area contributed by atoms with E-state index >= 15 is 0 Å². The van der Waals surface area contributed by atoms with Crippen molar-refractivity contribution in [1.29, 1.82) is 0 Å². The van der Waals surface area contributed by atoms with Crippen LogP contribution in [0.5, 0.6) is 0 Å². The molecule has 0 aliphatic rings. The van der Waals surface area contributed by atoms with Crippen LogP contribution in [-0.4, -0.2) is 74.3 Å². The van der Waals surface area contributed by atoms with Gasteiger partial charge in [-0.1, -0.05) is 253 Å². The predicted octanol–water partition coefficient (Wildman–Crippen LogP) is 19.6. The van der Waals surface area contributed by atoms with Crippen LogP contribution in [0, 0.1) is 0 Å². The molecule has 0 aliphatic heterocycles. The molecule has 0 heterocycles. The number of unbranched alkanes of at least 4 members (excludes halogenated alkanes) is 26. The Labute approximate surface area is 475 Å². The number of carbonyl (C=O) groups is 2. The Balaban J connectivity index is 5.23. The minimum atomic E-state index is -4.47. The van der Waals surface area contributed by atoms with Gasteiger partial charge in [-0.25, -0.2) is 4.57 Å². The predicted molar refractivity (Wildman–Crippen MR) is 332 cm³/mol. The zero-order valence-electron chi connectivity index (χ0n) is 50.7. The van der Waals surface area contributed by atoms with Crippen molar-refractivity contribution in [3.63, 3.8) is 0 Å². The van der Waals surface area contributed by atoms with Gasteiger partial charge in [-0.2, -0.15) is 0 Å². The SMILES string of the molecule is CC/C=C\C/C=C\C/C=C\C/C=C\C/C=C\CCCCCCCCCCCC(=O)NC(COP(=O)(O)OCC[N+](C)(C)C)C(/C=C\CCCCCCCCCCCCC)OC(=O)CC/C=C/C/C=C\CCCCCCCC. The summed E-state index contributed by atoms with van der Waals surface area (Å²) in [5.41, 5.74) is 0. The van der Waals surface area contributed by atoms with Gasteiger partial charge in [0.05, 0.1) is 33.8 Å². The van der Waals surface area contributed by atoms with Crippen molar-refractivity contribution in [1.82, 2.24) is 5.32 Å². The molecular formula is C67H120N2O7P+. The zero-order chi connectivity index (χ0) is 56.4. The molecule has 0 saturated carbocycles. The van der Waals surface area contributed by atoms with E-state index in [1.807, 2.05) is 39.4 Å². The monoisotopic (exact) mass is 1100 g/mol. The standard InChI is InChI=1S/C67H119N2O7P/c1-7-10-13-16-19-22-25-28-29-30-31-32-33-34-35-36-37-38-39-42-44-47-50-53-56-59-66(70)68-64(63-75-77(72,73)74-62-61-69(4,5)6)65(58-55-52-49-46-43-40-26-23-20-17-14-11-8-2)76-67(71)60-57-54-51-48-45-41-27-24-21-18-15-12-9-3/h10,13,19,22,28-29,31-32,34-35,41,45,51,54-55,58,64-65H,7-9,11-12,14-18,20-21,23-27,30,33,36-40,42-44,46-50,52-53,56-57,59-63H2,1-6H3,(H-,68,70,72,73)/p+1/b13-10-,22-19-,29-28-,32-31-,35-34-,45-41-,54-51+,58-55-. The molecule has 10 heteroatoms. The second kappa shape index (κ2) is 56.2. The minimum Gasteiger partial charge on any atom is -0.456 e. The summed E-state index contributed by atoms with van der Waals surface area (Å²) in [6.45, 7) is 6.85. The first-order chi connectivity index (χ1) is 37.4. The van der Waals surface area contributed by atoms with Gasteiger partial charge in [-0.05, 0) is 96.0 Å². The fraction of sp³-hybridized carbons (Fsp3) is 0.731. The number of nitrogens with one attached hydrogen (secondary N) is 1. The Kier molecular flexibility index (Phi) is 54.0. The molecular weight excluding hydrogens is 976 g/mol. The summed E-state index contributed by atoms with van der Waals surface area (Å²) in [4.78, 5) is 37.7. The molecule has 0 aromatic carbocycles. The number of rotatable bonds is 56. The van der Waals surface area contributed by atoms with Gasteiger partial charge in [-0.3, -0.25) is 18.6 Å². The highest BCUT2D eigenvalue weighted by atomic mass is 31.2. The Morgan fingerprint density at radius 3 is 1.27 bits per heavy atom. The van der Waals surface area contributed by atoms with Crippen LogP contribution in [0.15, 0.2) is 97.2 Å². The van der Waals surface area contributed by atoms with Crippen LogP contribution >= 0.6 is 7.82 Å². The van der Waals surface area contributed by atoms with Crippen LogP contribution in [0.25, 0.3) is 0 Å². The van der Waals surface area contributed by atoms with E-state index in [9.17, 15) is 19.0 Å².